The van der Waals surface area contributed by atoms with Gasteiger partial charge in [-0.05, 0) is 24.4 Å². The smallest absolute Gasteiger partial charge is 0.267 e. The molecular weight excluding hydrogens is 244 g/mol. The number of thiocarbonyl (C=S) groups is 1. The van der Waals surface area contributed by atoms with E-state index in [0.29, 0.717) is 16.4 Å². The summed E-state index contributed by atoms with van der Waals surface area (Å²) in [6.07, 6.45) is 3.41. The summed E-state index contributed by atoms with van der Waals surface area (Å²) in [5.41, 5.74) is 5.62. The molecule has 86 valence electrons. The van der Waals surface area contributed by atoms with Gasteiger partial charge in [0.25, 0.3) is 5.91 Å². The van der Waals surface area contributed by atoms with Gasteiger partial charge in [-0.3, -0.25) is 4.79 Å². The second-order valence-corrected chi connectivity index (χ2v) is 5.03. The van der Waals surface area contributed by atoms with Crippen molar-refractivity contribution in [2.45, 2.75) is 12.8 Å². The molecule has 0 spiro atoms. The number of piperidine rings is 1. The Bertz CT molecular complexity index is 392. The van der Waals surface area contributed by atoms with Gasteiger partial charge >= 0.3 is 0 Å². The van der Waals surface area contributed by atoms with Crippen LogP contribution >= 0.6 is 23.8 Å². The molecule has 0 radical (unpaired) electrons. The molecule has 1 amide bonds. The minimum absolute atomic E-state index is 0.0176. The zero-order valence-corrected chi connectivity index (χ0v) is 10.3. The van der Waals surface area contributed by atoms with Crippen LogP contribution in [0.15, 0.2) is 6.20 Å². The summed E-state index contributed by atoms with van der Waals surface area (Å²) in [6, 6.07) is 0. The lowest BCUT2D eigenvalue weighted by Crippen LogP contribution is -2.43. The summed E-state index contributed by atoms with van der Waals surface area (Å²) < 4.78 is 3.69. The summed E-state index contributed by atoms with van der Waals surface area (Å²) in [6.45, 7) is 1.38. The lowest BCUT2D eigenvalue weighted by molar-refractivity contribution is 0.0708. The lowest BCUT2D eigenvalue weighted by atomic mass is 9.98. The van der Waals surface area contributed by atoms with Crippen LogP contribution in [0.1, 0.15) is 22.5 Å². The first-order valence-corrected chi connectivity index (χ1v) is 6.22. The predicted molar refractivity (Wildman–Crippen MR) is 65.3 cm³/mol. The van der Waals surface area contributed by atoms with E-state index in [0.717, 1.165) is 30.9 Å². The Kier molecular flexibility index (Phi) is 3.45. The van der Waals surface area contributed by atoms with Crippen molar-refractivity contribution in [3.63, 3.8) is 0 Å². The highest BCUT2D eigenvalue weighted by molar-refractivity contribution is 7.80. The van der Waals surface area contributed by atoms with Crippen LogP contribution in [0.2, 0.25) is 0 Å². The molecule has 2 N–H and O–H groups in total. The van der Waals surface area contributed by atoms with Gasteiger partial charge in [-0.15, -0.1) is 5.10 Å². The van der Waals surface area contributed by atoms with Gasteiger partial charge in [0.2, 0.25) is 0 Å². The summed E-state index contributed by atoms with van der Waals surface area (Å²) in [7, 11) is 0. The van der Waals surface area contributed by atoms with Crippen LogP contribution in [0, 0.1) is 5.92 Å². The van der Waals surface area contributed by atoms with Crippen molar-refractivity contribution in [1.29, 1.82) is 0 Å². The molecule has 16 heavy (non-hydrogen) atoms. The largest absolute Gasteiger partial charge is 0.393 e. The molecule has 1 unspecified atom stereocenters. The van der Waals surface area contributed by atoms with Gasteiger partial charge in [0, 0.05) is 19.0 Å². The van der Waals surface area contributed by atoms with Crippen LogP contribution in [0.25, 0.3) is 0 Å². The minimum Gasteiger partial charge on any atom is -0.393 e. The summed E-state index contributed by atoms with van der Waals surface area (Å²) >= 11 is 6.09. The molecule has 1 saturated heterocycles. The Hall–Kier alpha value is -1.08. The first kappa shape index (κ1) is 11.4. The molecule has 0 aromatic carbocycles. The van der Waals surface area contributed by atoms with E-state index in [9.17, 15) is 4.79 Å². The van der Waals surface area contributed by atoms with E-state index in [-0.39, 0.29) is 11.8 Å². The molecule has 0 bridgehead atoms. The minimum atomic E-state index is -0.0176. The number of hydrogen-bond donors (Lipinski definition) is 1. The number of rotatable bonds is 2. The molecular formula is C9H12N4OS2. The second kappa shape index (κ2) is 4.84. The van der Waals surface area contributed by atoms with Gasteiger partial charge in [-0.1, -0.05) is 16.7 Å². The van der Waals surface area contributed by atoms with Crippen molar-refractivity contribution in [1.82, 2.24) is 14.5 Å². The average molecular weight is 256 g/mol. The first-order valence-electron chi connectivity index (χ1n) is 5.04. The van der Waals surface area contributed by atoms with Crippen molar-refractivity contribution in [2.24, 2.45) is 11.7 Å². The first-order chi connectivity index (χ1) is 7.68. The molecule has 0 aliphatic carbocycles. The predicted octanol–water partition coefficient (Wildman–Crippen LogP) is 0.676. The highest BCUT2D eigenvalue weighted by Crippen LogP contribution is 2.19. The fourth-order valence-corrected chi connectivity index (χ4v) is 2.49. The van der Waals surface area contributed by atoms with E-state index in [1.807, 2.05) is 0 Å². The molecule has 2 heterocycles. The average Bonchev–Trinajstić information content (AvgIpc) is 2.81. The van der Waals surface area contributed by atoms with E-state index >= 15 is 0 Å². The van der Waals surface area contributed by atoms with E-state index in [1.165, 1.54) is 6.20 Å². The van der Waals surface area contributed by atoms with Crippen molar-refractivity contribution in [2.75, 3.05) is 13.1 Å². The summed E-state index contributed by atoms with van der Waals surface area (Å²) in [4.78, 5) is 14.9. The fraction of sp³-hybridized carbons (Fsp3) is 0.556. The molecule has 0 saturated carbocycles. The number of aromatic nitrogens is 2. The molecule has 1 aromatic rings. The Labute approximate surface area is 103 Å². The Morgan fingerprint density at radius 1 is 1.69 bits per heavy atom. The highest BCUT2D eigenvalue weighted by Gasteiger charge is 2.26. The van der Waals surface area contributed by atoms with Gasteiger partial charge < -0.3 is 10.6 Å². The molecule has 7 heteroatoms. The number of carbonyl (C=O) groups excluding carboxylic acids is 1. The van der Waals surface area contributed by atoms with E-state index in [2.05, 4.69) is 9.59 Å². The van der Waals surface area contributed by atoms with Crippen molar-refractivity contribution < 1.29 is 4.79 Å². The third-order valence-corrected chi connectivity index (χ3v) is 3.67. The van der Waals surface area contributed by atoms with Gasteiger partial charge in [0.1, 0.15) is 4.88 Å². The van der Waals surface area contributed by atoms with Crippen LogP contribution < -0.4 is 5.73 Å². The van der Waals surface area contributed by atoms with E-state index < -0.39 is 0 Å². The Balaban J connectivity index is 2.05. The van der Waals surface area contributed by atoms with Crippen molar-refractivity contribution >= 4 is 34.6 Å². The molecule has 1 fully saturated rings. The van der Waals surface area contributed by atoms with Crippen LogP contribution in [0.5, 0.6) is 0 Å². The Morgan fingerprint density at radius 3 is 3.12 bits per heavy atom. The Morgan fingerprint density at radius 2 is 2.50 bits per heavy atom. The van der Waals surface area contributed by atoms with Crippen LogP contribution in [0.3, 0.4) is 0 Å². The highest BCUT2D eigenvalue weighted by atomic mass is 32.1. The third kappa shape index (κ3) is 2.35. The SMILES string of the molecule is NC(=S)C1CCCN(C(=O)c2cnns2)C1. The molecule has 1 aliphatic heterocycles. The molecule has 1 aliphatic rings. The van der Waals surface area contributed by atoms with Gasteiger partial charge in [0.15, 0.2) is 0 Å². The van der Waals surface area contributed by atoms with E-state index in [1.54, 1.807) is 4.90 Å². The van der Waals surface area contributed by atoms with Crippen LogP contribution in [0.4, 0.5) is 0 Å². The van der Waals surface area contributed by atoms with E-state index in [4.69, 9.17) is 18.0 Å². The standard InChI is InChI=1S/C9H12N4OS2/c10-8(15)6-2-1-3-13(5-6)9(14)7-4-11-12-16-7/h4,6H,1-3,5H2,(H2,10,15). The summed E-state index contributed by atoms with van der Waals surface area (Å²) in [5, 5.41) is 3.66. The maximum atomic E-state index is 12.0. The van der Waals surface area contributed by atoms with Crippen molar-refractivity contribution in [3.8, 4) is 0 Å². The maximum absolute atomic E-state index is 12.0. The maximum Gasteiger partial charge on any atom is 0.267 e. The topological polar surface area (TPSA) is 72.1 Å². The number of carbonyl (C=O) groups is 1. The molecule has 5 nitrogen and oxygen atoms in total. The second-order valence-electron chi connectivity index (χ2n) is 3.77. The number of nitrogens with zero attached hydrogens (tertiary/aromatic N) is 3. The number of amides is 1. The van der Waals surface area contributed by atoms with Gasteiger partial charge in [0.05, 0.1) is 11.2 Å². The van der Waals surface area contributed by atoms with Gasteiger partial charge in [-0.25, -0.2) is 0 Å². The molecule has 1 aromatic heterocycles. The zero-order chi connectivity index (χ0) is 11.5. The number of nitrogens with two attached hydrogens (primary N) is 1. The number of hydrogen-bond acceptors (Lipinski definition) is 5. The van der Waals surface area contributed by atoms with Crippen LogP contribution in [-0.2, 0) is 0 Å². The monoisotopic (exact) mass is 256 g/mol. The lowest BCUT2D eigenvalue weighted by Gasteiger charge is -2.31. The zero-order valence-electron chi connectivity index (χ0n) is 8.63. The molecule has 2 rings (SSSR count). The van der Waals surface area contributed by atoms with Crippen molar-refractivity contribution in [3.05, 3.63) is 11.1 Å². The van der Waals surface area contributed by atoms with Crippen LogP contribution in [-0.4, -0.2) is 38.5 Å². The quantitative estimate of drug-likeness (QED) is 0.788. The summed E-state index contributed by atoms with van der Waals surface area (Å²) in [5.74, 6) is 0.129. The van der Waals surface area contributed by atoms with Gasteiger partial charge in [-0.2, -0.15) is 0 Å². The fourth-order valence-electron chi connectivity index (χ4n) is 1.81. The normalized spacial score (nSPS) is 20.8. The third-order valence-electron chi connectivity index (χ3n) is 2.68. The number of likely N-dealkylation sites (tertiary alicyclic amines) is 1. The molecule has 1 atom stereocenters.